The molecule has 0 unspecified atom stereocenters. The Labute approximate surface area is 127 Å². The van der Waals surface area contributed by atoms with Crippen LogP contribution in [0.2, 0.25) is 0 Å². The lowest BCUT2D eigenvalue weighted by Gasteiger charge is -2.28. The van der Waals surface area contributed by atoms with Gasteiger partial charge in [0.25, 0.3) is 0 Å². The first kappa shape index (κ1) is 15.8. The summed E-state index contributed by atoms with van der Waals surface area (Å²) in [5.74, 6) is -0.134. The van der Waals surface area contributed by atoms with Gasteiger partial charge in [0.1, 0.15) is 0 Å². The molecule has 0 spiro atoms. The molecule has 0 saturated carbocycles. The molecule has 2 rings (SSSR count). The number of hydrogen-bond donors (Lipinski definition) is 1. The average Bonchev–Trinajstić information content (AvgIpc) is 2.53. The standard InChI is InChI=1S/C17H26N2O2/c1-2-21-17(20)10-11-18-14-15-6-8-16(9-7-15)19-12-4-3-5-13-19/h6-9,18H,2-5,10-14H2,1H3. The molecule has 1 aromatic rings. The smallest absolute Gasteiger partial charge is 0.307 e. The molecule has 1 saturated heterocycles. The van der Waals surface area contributed by atoms with E-state index >= 15 is 0 Å². The van der Waals surface area contributed by atoms with Gasteiger partial charge in [-0.05, 0) is 43.9 Å². The molecule has 0 amide bonds. The van der Waals surface area contributed by atoms with Crippen molar-refractivity contribution in [2.75, 3.05) is 31.1 Å². The zero-order valence-electron chi connectivity index (χ0n) is 12.9. The van der Waals surface area contributed by atoms with E-state index in [1.165, 1.54) is 43.6 Å². The summed E-state index contributed by atoms with van der Waals surface area (Å²) in [6, 6.07) is 8.74. The second-order valence-electron chi connectivity index (χ2n) is 5.45. The van der Waals surface area contributed by atoms with Crippen LogP contribution in [0.15, 0.2) is 24.3 Å². The molecule has 0 radical (unpaired) electrons. The first-order chi connectivity index (χ1) is 10.3. The van der Waals surface area contributed by atoms with E-state index in [0.29, 0.717) is 19.6 Å². The summed E-state index contributed by atoms with van der Waals surface area (Å²) in [5, 5.41) is 3.28. The molecule has 1 aromatic carbocycles. The number of benzene rings is 1. The lowest BCUT2D eigenvalue weighted by Crippen LogP contribution is -2.29. The Morgan fingerprint density at radius 3 is 2.57 bits per heavy atom. The quantitative estimate of drug-likeness (QED) is 0.619. The number of hydrogen-bond acceptors (Lipinski definition) is 4. The van der Waals surface area contributed by atoms with Crippen molar-refractivity contribution in [2.45, 2.75) is 39.2 Å². The predicted octanol–water partition coefficient (Wildman–Crippen LogP) is 2.72. The molecule has 1 aliphatic heterocycles. The van der Waals surface area contributed by atoms with Gasteiger partial charge in [-0.15, -0.1) is 0 Å². The maximum atomic E-state index is 11.2. The Morgan fingerprint density at radius 1 is 1.19 bits per heavy atom. The number of carbonyl (C=O) groups is 1. The Balaban J connectivity index is 1.71. The second-order valence-corrected chi connectivity index (χ2v) is 5.45. The van der Waals surface area contributed by atoms with Gasteiger partial charge in [-0.3, -0.25) is 4.79 Å². The minimum Gasteiger partial charge on any atom is -0.466 e. The highest BCUT2D eigenvalue weighted by Gasteiger charge is 2.10. The number of carbonyl (C=O) groups excluding carboxylic acids is 1. The normalized spacial score (nSPS) is 15.0. The third-order valence-corrected chi connectivity index (χ3v) is 3.80. The number of ether oxygens (including phenoxy) is 1. The van der Waals surface area contributed by atoms with Crippen molar-refractivity contribution in [3.63, 3.8) is 0 Å². The average molecular weight is 290 g/mol. The molecule has 1 aliphatic rings. The van der Waals surface area contributed by atoms with Gasteiger partial charge in [-0.1, -0.05) is 12.1 Å². The van der Waals surface area contributed by atoms with E-state index in [2.05, 4.69) is 34.5 Å². The summed E-state index contributed by atoms with van der Waals surface area (Å²) >= 11 is 0. The highest BCUT2D eigenvalue weighted by molar-refractivity contribution is 5.69. The minimum absolute atomic E-state index is 0.134. The third kappa shape index (κ3) is 5.38. The molecule has 1 N–H and O–H groups in total. The first-order valence-corrected chi connectivity index (χ1v) is 8.00. The van der Waals surface area contributed by atoms with Gasteiger partial charge in [0.2, 0.25) is 0 Å². The zero-order valence-corrected chi connectivity index (χ0v) is 12.9. The molecule has 4 nitrogen and oxygen atoms in total. The van der Waals surface area contributed by atoms with Crippen molar-refractivity contribution >= 4 is 11.7 Å². The number of nitrogens with zero attached hydrogens (tertiary/aromatic N) is 1. The van der Waals surface area contributed by atoms with Crippen LogP contribution in [0.3, 0.4) is 0 Å². The molecule has 0 aromatic heterocycles. The number of rotatable bonds is 7. The Bertz CT molecular complexity index is 425. The molecular weight excluding hydrogens is 264 g/mol. The fourth-order valence-electron chi connectivity index (χ4n) is 2.63. The van der Waals surface area contributed by atoms with Crippen molar-refractivity contribution < 1.29 is 9.53 Å². The summed E-state index contributed by atoms with van der Waals surface area (Å²) in [4.78, 5) is 13.7. The lowest BCUT2D eigenvalue weighted by atomic mass is 10.1. The van der Waals surface area contributed by atoms with Gasteiger partial charge in [0.05, 0.1) is 13.0 Å². The number of nitrogens with one attached hydrogen (secondary N) is 1. The van der Waals surface area contributed by atoms with E-state index in [4.69, 9.17) is 4.74 Å². The summed E-state index contributed by atoms with van der Waals surface area (Å²) in [5.41, 5.74) is 2.57. The van der Waals surface area contributed by atoms with Crippen LogP contribution in [0, 0.1) is 0 Å². The Kier molecular flexibility index (Phi) is 6.54. The van der Waals surface area contributed by atoms with E-state index in [1.807, 2.05) is 6.92 Å². The van der Waals surface area contributed by atoms with E-state index in [9.17, 15) is 4.79 Å². The summed E-state index contributed by atoms with van der Waals surface area (Å²) in [6.07, 6.45) is 4.40. The van der Waals surface area contributed by atoms with Crippen LogP contribution in [-0.4, -0.2) is 32.2 Å². The van der Waals surface area contributed by atoms with Gasteiger partial charge < -0.3 is 15.0 Å². The van der Waals surface area contributed by atoms with Crippen LogP contribution in [0.25, 0.3) is 0 Å². The highest BCUT2D eigenvalue weighted by atomic mass is 16.5. The molecule has 116 valence electrons. The van der Waals surface area contributed by atoms with Crippen molar-refractivity contribution in [1.82, 2.24) is 5.32 Å². The third-order valence-electron chi connectivity index (χ3n) is 3.80. The van der Waals surface area contributed by atoms with Gasteiger partial charge in [0.15, 0.2) is 0 Å². The maximum absolute atomic E-state index is 11.2. The molecule has 1 heterocycles. The van der Waals surface area contributed by atoms with E-state index < -0.39 is 0 Å². The van der Waals surface area contributed by atoms with Crippen LogP contribution >= 0.6 is 0 Å². The number of anilines is 1. The van der Waals surface area contributed by atoms with Gasteiger partial charge in [-0.2, -0.15) is 0 Å². The fourth-order valence-corrected chi connectivity index (χ4v) is 2.63. The molecular formula is C17H26N2O2. The molecule has 0 atom stereocenters. The summed E-state index contributed by atoms with van der Waals surface area (Å²) < 4.78 is 4.89. The number of esters is 1. The predicted molar refractivity (Wildman–Crippen MR) is 85.5 cm³/mol. The maximum Gasteiger partial charge on any atom is 0.307 e. The Morgan fingerprint density at radius 2 is 1.90 bits per heavy atom. The lowest BCUT2D eigenvalue weighted by molar-refractivity contribution is -0.142. The van der Waals surface area contributed by atoms with Crippen LogP contribution in [0.1, 0.15) is 38.2 Å². The van der Waals surface area contributed by atoms with Crippen LogP contribution in [0.4, 0.5) is 5.69 Å². The van der Waals surface area contributed by atoms with Gasteiger partial charge >= 0.3 is 5.97 Å². The highest BCUT2D eigenvalue weighted by Crippen LogP contribution is 2.20. The van der Waals surface area contributed by atoms with Gasteiger partial charge in [0, 0.05) is 31.9 Å². The van der Waals surface area contributed by atoms with Crippen molar-refractivity contribution in [3.8, 4) is 0 Å². The van der Waals surface area contributed by atoms with Crippen LogP contribution in [0.5, 0.6) is 0 Å². The fraction of sp³-hybridized carbons (Fsp3) is 0.588. The molecule has 4 heteroatoms. The molecule has 1 fully saturated rings. The van der Waals surface area contributed by atoms with E-state index in [0.717, 1.165) is 6.54 Å². The largest absolute Gasteiger partial charge is 0.466 e. The molecule has 21 heavy (non-hydrogen) atoms. The molecule has 0 aliphatic carbocycles. The van der Waals surface area contributed by atoms with E-state index in [-0.39, 0.29) is 5.97 Å². The monoisotopic (exact) mass is 290 g/mol. The van der Waals surface area contributed by atoms with Crippen LogP contribution < -0.4 is 10.2 Å². The van der Waals surface area contributed by atoms with Crippen LogP contribution in [-0.2, 0) is 16.1 Å². The second kappa shape index (κ2) is 8.67. The molecule has 0 bridgehead atoms. The van der Waals surface area contributed by atoms with E-state index in [1.54, 1.807) is 0 Å². The zero-order chi connectivity index (χ0) is 14.9. The topological polar surface area (TPSA) is 41.6 Å². The SMILES string of the molecule is CCOC(=O)CCNCc1ccc(N2CCCCC2)cc1. The first-order valence-electron chi connectivity index (χ1n) is 8.00. The Hall–Kier alpha value is -1.55. The minimum atomic E-state index is -0.134. The van der Waals surface area contributed by atoms with Crippen molar-refractivity contribution in [1.29, 1.82) is 0 Å². The van der Waals surface area contributed by atoms with Gasteiger partial charge in [-0.25, -0.2) is 0 Å². The van der Waals surface area contributed by atoms with Crippen molar-refractivity contribution in [3.05, 3.63) is 29.8 Å². The summed E-state index contributed by atoms with van der Waals surface area (Å²) in [6.45, 7) is 6.09. The van der Waals surface area contributed by atoms with Crippen molar-refractivity contribution in [2.24, 2.45) is 0 Å². The number of piperidine rings is 1. The summed E-state index contributed by atoms with van der Waals surface area (Å²) in [7, 11) is 0.